The highest BCUT2D eigenvalue weighted by atomic mass is 32.2. The fraction of sp³-hybridized carbons (Fsp3) is 0.556. The minimum atomic E-state index is -0.283. The predicted octanol–water partition coefficient (Wildman–Crippen LogP) is 3.29. The van der Waals surface area contributed by atoms with Crippen LogP contribution in [0.3, 0.4) is 0 Å². The molecule has 0 N–H and O–H groups in total. The molecule has 1 heterocycles. The van der Waals surface area contributed by atoms with Crippen molar-refractivity contribution in [2.75, 3.05) is 20.1 Å². The first-order valence-corrected chi connectivity index (χ1v) is 9.25. The summed E-state index contributed by atoms with van der Waals surface area (Å²) in [7, 11) is 1.76. The number of rotatable bonds is 6. The topological polar surface area (TPSA) is 40.6 Å². The zero-order chi connectivity index (χ0) is 17.9. The second kappa shape index (κ2) is 8.01. The lowest BCUT2D eigenvalue weighted by molar-refractivity contribution is -0.135. The van der Waals surface area contributed by atoms with E-state index in [0.29, 0.717) is 13.1 Å². The number of carbonyl (C=O) groups is 2. The molecule has 1 aliphatic rings. The van der Waals surface area contributed by atoms with Gasteiger partial charge in [-0.15, -0.1) is 11.8 Å². The fourth-order valence-corrected chi connectivity index (χ4v) is 4.21. The van der Waals surface area contributed by atoms with Crippen LogP contribution in [0.4, 0.5) is 4.39 Å². The number of hydrogen-bond donors (Lipinski definition) is 0. The van der Waals surface area contributed by atoms with E-state index in [-0.39, 0.29) is 34.2 Å². The summed E-state index contributed by atoms with van der Waals surface area (Å²) in [5, 5.41) is -0.197. The average molecular weight is 352 g/mol. The first-order valence-electron chi connectivity index (χ1n) is 8.31. The van der Waals surface area contributed by atoms with Crippen LogP contribution in [0.5, 0.6) is 0 Å². The van der Waals surface area contributed by atoms with Gasteiger partial charge >= 0.3 is 0 Å². The van der Waals surface area contributed by atoms with E-state index in [1.165, 1.54) is 12.1 Å². The van der Waals surface area contributed by atoms with E-state index in [1.54, 1.807) is 35.8 Å². The maximum atomic E-state index is 13.2. The van der Waals surface area contributed by atoms with E-state index in [2.05, 4.69) is 0 Å². The second-order valence-corrected chi connectivity index (χ2v) is 7.67. The minimum Gasteiger partial charge on any atom is -0.344 e. The van der Waals surface area contributed by atoms with E-state index in [9.17, 15) is 14.0 Å². The van der Waals surface area contributed by atoms with Crippen molar-refractivity contribution in [3.63, 3.8) is 0 Å². The van der Waals surface area contributed by atoms with Gasteiger partial charge in [-0.25, -0.2) is 4.39 Å². The Morgan fingerprint density at radius 1 is 1.33 bits per heavy atom. The quantitative estimate of drug-likeness (QED) is 0.789. The monoisotopic (exact) mass is 352 g/mol. The van der Waals surface area contributed by atoms with E-state index >= 15 is 0 Å². The summed E-state index contributed by atoms with van der Waals surface area (Å²) in [4.78, 5) is 28.1. The Morgan fingerprint density at radius 3 is 2.50 bits per heavy atom. The van der Waals surface area contributed by atoms with Crippen molar-refractivity contribution in [2.24, 2.45) is 5.92 Å². The van der Waals surface area contributed by atoms with Gasteiger partial charge in [-0.1, -0.05) is 32.9 Å². The molecule has 0 aromatic heterocycles. The molecule has 0 aliphatic carbocycles. The standard InChI is InChI=1S/C18H25FN2O2S/c1-5-15-17(23)21(11-10-20(4)16(22)12(2)3)18(24-15)13-6-8-14(19)9-7-13/h6-9,12,15,18H,5,10-11H2,1-4H3/t15-,18-/m0/s1. The first-order chi connectivity index (χ1) is 11.3. The van der Waals surface area contributed by atoms with Crippen molar-refractivity contribution < 1.29 is 14.0 Å². The van der Waals surface area contributed by atoms with Gasteiger partial charge in [0.1, 0.15) is 11.2 Å². The number of carbonyl (C=O) groups excluding carboxylic acids is 2. The number of hydrogen-bond acceptors (Lipinski definition) is 3. The van der Waals surface area contributed by atoms with Crippen LogP contribution in [0.15, 0.2) is 24.3 Å². The van der Waals surface area contributed by atoms with Crippen LogP contribution in [0.25, 0.3) is 0 Å². The van der Waals surface area contributed by atoms with Crippen molar-refractivity contribution in [2.45, 2.75) is 37.8 Å². The molecule has 1 aromatic carbocycles. The Bertz CT molecular complexity index is 591. The Morgan fingerprint density at radius 2 is 1.96 bits per heavy atom. The van der Waals surface area contributed by atoms with Crippen molar-refractivity contribution >= 4 is 23.6 Å². The SMILES string of the molecule is CC[C@@H]1S[C@@H](c2ccc(F)cc2)N(CCN(C)C(=O)C(C)C)C1=O. The molecule has 0 spiro atoms. The third-order valence-electron chi connectivity index (χ3n) is 4.21. The van der Waals surface area contributed by atoms with Crippen LogP contribution in [0.2, 0.25) is 0 Å². The molecule has 0 saturated carbocycles. The molecule has 1 aliphatic heterocycles. The van der Waals surface area contributed by atoms with Gasteiger partial charge in [0, 0.05) is 26.1 Å². The molecule has 0 unspecified atom stereocenters. The lowest BCUT2D eigenvalue weighted by atomic mass is 10.2. The van der Waals surface area contributed by atoms with Crippen LogP contribution in [-0.2, 0) is 9.59 Å². The first kappa shape index (κ1) is 18.8. The number of halogens is 1. The third-order valence-corrected chi connectivity index (χ3v) is 5.86. The number of nitrogens with zero attached hydrogens (tertiary/aromatic N) is 2. The molecule has 6 heteroatoms. The number of benzene rings is 1. The van der Waals surface area contributed by atoms with Gasteiger partial charge in [-0.2, -0.15) is 0 Å². The third kappa shape index (κ3) is 4.09. The van der Waals surface area contributed by atoms with Crippen molar-refractivity contribution in [3.05, 3.63) is 35.6 Å². The van der Waals surface area contributed by atoms with Crippen molar-refractivity contribution in [3.8, 4) is 0 Å². The molecule has 1 aromatic rings. The number of thioether (sulfide) groups is 1. The molecule has 0 bridgehead atoms. The molecule has 132 valence electrons. The van der Waals surface area contributed by atoms with E-state index in [4.69, 9.17) is 0 Å². The van der Waals surface area contributed by atoms with E-state index in [1.807, 2.05) is 25.7 Å². The van der Waals surface area contributed by atoms with Gasteiger partial charge in [-0.3, -0.25) is 9.59 Å². The summed E-state index contributed by atoms with van der Waals surface area (Å²) in [6.07, 6.45) is 0.762. The summed E-state index contributed by atoms with van der Waals surface area (Å²) in [5.74, 6) is -0.175. The van der Waals surface area contributed by atoms with Crippen LogP contribution < -0.4 is 0 Å². The highest BCUT2D eigenvalue weighted by Crippen LogP contribution is 2.43. The molecular weight excluding hydrogens is 327 g/mol. The van der Waals surface area contributed by atoms with Gasteiger partial charge in [0.15, 0.2) is 0 Å². The lowest BCUT2D eigenvalue weighted by Crippen LogP contribution is -2.40. The molecule has 0 radical (unpaired) electrons. The highest BCUT2D eigenvalue weighted by molar-refractivity contribution is 8.01. The second-order valence-electron chi connectivity index (χ2n) is 6.38. The average Bonchev–Trinajstić information content (AvgIpc) is 2.88. The van der Waals surface area contributed by atoms with Crippen LogP contribution in [0, 0.1) is 11.7 Å². The number of likely N-dealkylation sites (N-methyl/N-ethyl adjacent to an activating group) is 1. The number of amides is 2. The molecule has 1 fully saturated rings. The molecule has 2 amide bonds. The van der Waals surface area contributed by atoms with Gasteiger partial charge in [0.05, 0.1) is 5.25 Å². The largest absolute Gasteiger partial charge is 0.344 e. The Kier molecular flexibility index (Phi) is 6.27. The molecule has 24 heavy (non-hydrogen) atoms. The summed E-state index contributed by atoms with van der Waals surface area (Å²) >= 11 is 1.60. The van der Waals surface area contributed by atoms with Gasteiger partial charge in [0.2, 0.25) is 11.8 Å². The summed E-state index contributed by atoms with van der Waals surface area (Å²) < 4.78 is 13.2. The Balaban J connectivity index is 2.12. The fourth-order valence-electron chi connectivity index (χ4n) is 2.78. The molecule has 4 nitrogen and oxygen atoms in total. The van der Waals surface area contributed by atoms with E-state index in [0.717, 1.165) is 12.0 Å². The zero-order valence-electron chi connectivity index (χ0n) is 14.7. The maximum Gasteiger partial charge on any atom is 0.237 e. The van der Waals surface area contributed by atoms with Crippen LogP contribution in [-0.4, -0.2) is 47.0 Å². The highest BCUT2D eigenvalue weighted by Gasteiger charge is 2.39. The van der Waals surface area contributed by atoms with Gasteiger partial charge in [-0.05, 0) is 24.1 Å². The Labute approximate surface area is 147 Å². The normalized spacial score (nSPS) is 20.8. The molecule has 2 atom stereocenters. The van der Waals surface area contributed by atoms with Crippen molar-refractivity contribution in [1.29, 1.82) is 0 Å². The lowest BCUT2D eigenvalue weighted by Gasteiger charge is -2.27. The van der Waals surface area contributed by atoms with Crippen LogP contribution in [0.1, 0.15) is 38.1 Å². The summed E-state index contributed by atoms with van der Waals surface area (Å²) in [5.41, 5.74) is 0.920. The zero-order valence-corrected chi connectivity index (χ0v) is 15.5. The predicted molar refractivity (Wildman–Crippen MR) is 95.0 cm³/mol. The summed E-state index contributed by atoms with van der Waals surface area (Å²) in [6, 6.07) is 6.31. The molecular formula is C18H25FN2O2S. The minimum absolute atomic E-state index is 0.0602. The maximum absolute atomic E-state index is 13.2. The van der Waals surface area contributed by atoms with Crippen LogP contribution >= 0.6 is 11.8 Å². The van der Waals surface area contributed by atoms with Gasteiger partial charge < -0.3 is 9.80 Å². The van der Waals surface area contributed by atoms with Crippen molar-refractivity contribution in [1.82, 2.24) is 9.80 Å². The molecule has 1 saturated heterocycles. The smallest absolute Gasteiger partial charge is 0.237 e. The molecule has 2 rings (SSSR count). The Hall–Kier alpha value is -1.56. The summed E-state index contributed by atoms with van der Waals surface area (Å²) in [6.45, 7) is 6.71. The van der Waals surface area contributed by atoms with Gasteiger partial charge in [0.25, 0.3) is 0 Å². The van der Waals surface area contributed by atoms with E-state index < -0.39 is 0 Å².